The van der Waals surface area contributed by atoms with E-state index in [0.717, 1.165) is 21.1 Å². The molecule has 0 saturated carbocycles. The molecule has 5 heteroatoms. The highest BCUT2D eigenvalue weighted by Crippen LogP contribution is 2.32. The molecule has 2 heterocycles. The van der Waals surface area contributed by atoms with Crippen LogP contribution in [0.15, 0.2) is 58.8 Å². The van der Waals surface area contributed by atoms with Crippen molar-refractivity contribution in [2.24, 2.45) is 0 Å². The first-order chi connectivity index (χ1) is 8.34. The van der Waals surface area contributed by atoms with E-state index in [1.54, 1.807) is 28.7 Å². The highest BCUT2D eigenvalue weighted by Gasteiger charge is 2.06. The van der Waals surface area contributed by atoms with Gasteiger partial charge in [0.1, 0.15) is 5.03 Å². The fourth-order valence-corrected chi connectivity index (χ4v) is 2.51. The number of para-hydroxylation sites is 1. The summed E-state index contributed by atoms with van der Waals surface area (Å²) in [6.45, 7) is 0. The van der Waals surface area contributed by atoms with Crippen LogP contribution in [0.5, 0.6) is 0 Å². The first kappa shape index (κ1) is 10.2. The molecule has 0 atom stereocenters. The van der Waals surface area contributed by atoms with Crippen LogP contribution in [0.1, 0.15) is 0 Å². The van der Waals surface area contributed by atoms with Crippen molar-refractivity contribution in [3.63, 3.8) is 0 Å². The van der Waals surface area contributed by atoms with E-state index in [9.17, 15) is 0 Å². The minimum atomic E-state index is 0.765. The quantitative estimate of drug-likeness (QED) is 0.701. The summed E-state index contributed by atoms with van der Waals surface area (Å²) in [5, 5.41) is 5.08. The van der Waals surface area contributed by atoms with Gasteiger partial charge in [-0.25, -0.2) is 9.50 Å². The van der Waals surface area contributed by atoms with Crippen LogP contribution in [0.3, 0.4) is 0 Å². The minimum Gasteiger partial charge on any atom is -0.398 e. The summed E-state index contributed by atoms with van der Waals surface area (Å²) in [4.78, 5) is 5.37. The average Bonchev–Trinajstić information content (AvgIpc) is 2.81. The third-order valence-electron chi connectivity index (χ3n) is 2.41. The van der Waals surface area contributed by atoms with Crippen LogP contribution in [0.25, 0.3) is 5.52 Å². The molecule has 2 N–H and O–H groups in total. The van der Waals surface area contributed by atoms with Crippen LogP contribution < -0.4 is 5.73 Å². The number of hydrogen-bond donors (Lipinski definition) is 1. The maximum absolute atomic E-state index is 5.92. The number of nitrogens with zero attached hydrogens (tertiary/aromatic N) is 3. The predicted octanol–water partition coefficient (Wildman–Crippen LogP) is 2.46. The Hall–Kier alpha value is -2.01. The zero-order valence-electron chi connectivity index (χ0n) is 8.95. The van der Waals surface area contributed by atoms with Crippen LogP contribution in [0.2, 0.25) is 0 Å². The van der Waals surface area contributed by atoms with Gasteiger partial charge in [0.15, 0.2) is 0 Å². The van der Waals surface area contributed by atoms with Crippen molar-refractivity contribution in [1.82, 2.24) is 14.6 Å². The van der Waals surface area contributed by atoms with Crippen LogP contribution in [0, 0.1) is 0 Å². The van der Waals surface area contributed by atoms with E-state index in [1.165, 1.54) is 0 Å². The lowest BCUT2D eigenvalue weighted by molar-refractivity contribution is 0.917. The molecule has 0 aliphatic carbocycles. The molecule has 4 nitrogen and oxygen atoms in total. The Bertz CT molecular complexity index is 662. The standard InChI is InChI=1S/C12H10N4S/c13-9-3-1-2-4-11(9)17-12-10-5-6-15-16(10)8-7-14-12/h1-8H,13H2. The van der Waals surface area contributed by atoms with Gasteiger partial charge >= 0.3 is 0 Å². The highest BCUT2D eigenvalue weighted by molar-refractivity contribution is 7.99. The van der Waals surface area contributed by atoms with Gasteiger partial charge in [-0.1, -0.05) is 23.9 Å². The Morgan fingerprint density at radius 1 is 1.12 bits per heavy atom. The summed E-state index contributed by atoms with van der Waals surface area (Å²) in [5.74, 6) is 0. The number of nitrogen functional groups attached to an aromatic ring is 1. The second-order valence-corrected chi connectivity index (χ2v) is 4.56. The maximum Gasteiger partial charge on any atom is 0.127 e. The molecule has 1 aromatic carbocycles. The molecular weight excluding hydrogens is 232 g/mol. The van der Waals surface area contributed by atoms with Crippen molar-refractivity contribution >= 4 is 23.0 Å². The molecule has 0 amide bonds. The summed E-state index contributed by atoms with van der Waals surface area (Å²) >= 11 is 1.55. The van der Waals surface area contributed by atoms with Crippen LogP contribution >= 0.6 is 11.8 Å². The molecule has 0 aliphatic heterocycles. The van der Waals surface area contributed by atoms with E-state index in [2.05, 4.69) is 10.1 Å². The number of benzene rings is 1. The monoisotopic (exact) mass is 242 g/mol. The van der Waals surface area contributed by atoms with Crippen LogP contribution in [-0.2, 0) is 0 Å². The molecule has 0 saturated heterocycles. The average molecular weight is 242 g/mol. The van der Waals surface area contributed by atoms with Gasteiger partial charge in [0, 0.05) is 23.0 Å². The second-order valence-electron chi connectivity index (χ2n) is 3.53. The lowest BCUT2D eigenvalue weighted by atomic mass is 10.3. The van der Waals surface area contributed by atoms with Gasteiger partial charge in [-0.2, -0.15) is 5.10 Å². The SMILES string of the molecule is Nc1ccccc1Sc1nccn2nccc12. The van der Waals surface area contributed by atoms with E-state index < -0.39 is 0 Å². The molecule has 0 radical (unpaired) electrons. The Morgan fingerprint density at radius 3 is 2.88 bits per heavy atom. The number of hydrogen-bond acceptors (Lipinski definition) is 4. The van der Waals surface area contributed by atoms with Crippen molar-refractivity contribution in [2.75, 3.05) is 5.73 Å². The second kappa shape index (κ2) is 4.10. The smallest absolute Gasteiger partial charge is 0.127 e. The molecular formula is C12H10N4S. The molecule has 0 bridgehead atoms. The van der Waals surface area contributed by atoms with Crippen molar-refractivity contribution < 1.29 is 0 Å². The van der Waals surface area contributed by atoms with Crippen molar-refractivity contribution in [3.8, 4) is 0 Å². The molecule has 0 fully saturated rings. The largest absolute Gasteiger partial charge is 0.398 e. The summed E-state index contributed by atoms with van der Waals surface area (Å²) in [6.07, 6.45) is 5.32. The Balaban J connectivity index is 2.06. The third-order valence-corrected chi connectivity index (χ3v) is 3.51. The molecule has 0 aliphatic rings. The molecule has 2 aromatic heterocycles. The van der Waals surface area contributed by atoms with Gasteiger partial charge in [-0.05, 0) is 18.2 Å². The lowest BCUT2D eigenvalue weighted by Crippen LogP contribution is -1.92. The van der Waals surface area contributed by atoms with Crippen LogP contribution in [0.4, 0.5) is 5.69 Å². The fourth-order valence-electron chi connectivity index (χ4n) is 1.59. The number of aromatic nitrogens is 3. The van der Waals surface area contributed by atoms with Gasteiger partial charge in [0.05, 0.1) is 11.7 Å². The summed E-state index contributed by atoms with van der Waals surface area (Å²) in [5.41, 5.74) is 7.67. The molecule has 84 valence electrons. The zero-order chi connectivity index (χ0) is 11.7. The van der Waals surface area contributed by atoms with Gasteiger partial charge in [-0.3, -0.25) is 0 Å². The molecule has 3 aromatic rings. The topological polar surface area (TPSA) is 56.2 Å². The van der Waals surface area contributed by atoms with Gasteiger partial charge in [-0.15, -0.1) is 0 Å². The summed E-state index contributed by atoms with van der Waals surface area (Å²) in [6, 6.07) is 9.70. The molecule has 3 rings (SSSR count). The first-order valence-corrected chi connectivity index (χ1v) is 5.97. The number of anilines is 1. The highest BCUT2D eigenvalue weighted by atomic mass is 32.2. The van der Waals surface area contributed by atoms with Crippen molar-refractivity contribution in [3.05, 3.63) is 48.9 Å². The third kappa shape index (κ3) is 1.85. The first-order valence-electron chi connectivity index (χ1n) is 5.15. The summed E-state index contributed by atoms with van der Waals surface area (Å²) in [7, 11) is 0. The van der Waals surface area contributed by atoms with E-state index in [1.807, 2.05) is 36.5 Å². The van der Waals surface area contributed by atoms with E-state index in [-0.39, 0.29) is 0 Å². The normalized spacial score (nSPS) is 10.8. The predicted molar refractivity (Wildman–Crippen MR) is 68.0 cm³/mol. The van der Waals surface area contributed by atoms with Crippen LogP contribution in [-0.4, -0.2) is 14.6 Å². The Kier molecular flexibility index (Phi) is 2.45. The number of fused-ring (bicyclic) bond motifs is 1. The van der Waals surface area contributed by atoms with Crippen molar-refractivity contribution in [2.45, 2.75) is 9.92 Å². The zero-order valence-corrected chi connectivity index (χ0v) is 9.76. The van der Waals surface area contributed by atoms with E-state index in [0.29, 0.717) is 0 Å². The summed E-state index contributed by atoms with van der Waals surface area (Å²) < 4.78 is 1.80. The van der Waals surface area contributed by atoms with E-state index in [4.69, 9.17) is 5.73 Å². The van der Waals surface area contributed by atoms with Gasteiger partial charge in [0.2, 0.25) is 0 Å². The minimum absolute atomic E-state index is 0.765. The maximum atomic E-state index is 5.92. The number of nitrogens with two attached hydrogens (primary N) is 1. The molecule has 17 heavy (non-hydrogen) atoms. The Morgan fingerprint density at radius 2 is 2.00 bits per heavy atom. The number of rotatable bonds is 2. The molecule has 0 unspecified atom stereocenters. The van der Waals surface area contributed by atoms with Crippen molar-refractivity contribution in [1.29, 1.82) is 0 Å². The van der Waals surface area contributed by atoms with Gasteiger partial charge in [0.25, 0.3) is 0 Å². The van der Waals surface area contributed by atoms with E-state index >= 15 is 0 Å². The van der Waals surface area contributed by atoms with Gasteiger partial charge < -0.3 is 5.73 Å². The fraction of sp³-hybridized carbons (Fsp3) is 0. The lowest BCUT2D eigenvalue weighted by Gasteiger charge is -2.05. The Labute approximate surface area is 102 Å². The molecule has 0 spiro atoms.